The lowest BCUT2D eigenvalue weighted by Crippen LogP contribution is -2.16. The zero-order chi connectivity index (χ0) is 23.6. The largest absolute Gasteiger partial charge is 0.493 e. The molecule has 0 fully saturated rings. The molecule has 0 spiro atoms. The monoisotopic (exact) mass is 447 g/mol. The van der Waals surface area contributed by atoms with E-state index in [0.717, 1.165) is 0 Å². The highest BCUT2D eigenvalue weighted by Gasteiger charge is 2.13. The Bertz CT molecular complexity index is 1250. The molecule has 0 saturated carbocycles. The molecule has 3 aromatic rings. The van der Waals surface area contributed by atoms with Gasteiger partial charge >= 0.3 is 5.97 Å². The topological polar surface area (TPSA) is 139 Å². The molecular weight excluding hydrogens is 426 g/mol. The Morgan fingerprint density at radius 1 is 1.24 bits per heavy atom. The second kappa shape index (κ2) is 11.1. The summed E-state index contributed by atoms with van der Waals surface area (Å²) < 4.78 is 15.6. The number of benzene rings is 2. The van der Waals surface area contributed by atoms with Crippen LogP contribution in [0.1, 0.15) is 18.1 Å². The zero-order valence-electron chi connectivity index (χ0n) is 18.0. The quantitative estimate of drug-likeness (QED) is 0.290. The van der Waals surface area contributed by atoms with Gasteiger partial charge in [-0.15, -0.1) is 0 Å². The maximum Gasteiger partial charge on any atom is 0.344 e. The molecule has 0 atom stereocenters. The number of carbonyl (C=O) groups excluding carboxylic acids is 1. The summed E-state index contributed by atoms with van der Waals surface area (Å²) in [7, 11) is 1.47. The number of rotatable bonds is 9. The maximum absolute atomic E-state index is 12.3. The van der Waals surface area contributed by atoms with Gasteiger partial charge in [0.25, 0.3) is 5.56 Å². The standard InChI is InChI=1S/C23H21N5O5/c1-3-32-20(29)14-33-18-10-9-15(11-19(18)31-2)13-25-28-23-26-21(16-7-5-4-6-8-16)17(12-24)22(30)27-23/h4-11,13H,3,14H2,1-2H3,(H2,26,27,28,30). The third-order valence-corrected chi connectivity index (χ3v) is 4.30. The van der Waals surface area contributed by atoms with Gasteiger partial charge in [0.2, 0.25) is 5.95 Å². The van der Waals surface area contributed by atoms with Crippen LogP contribution in [0.5, 0.6) is 11.5 Å². The fraction of sp³-hybridized carbons (Fsp3) is 0.174. The number of hydrogen-bond donors (Lipinski definition) is 2. The molecule has 0 amide bonds. The van der Waals surface area contributed by atoms with Crippen molar-refractivity contribution in [1.82, 2.24) is 9.97 Å². The van der Waals surface area contributed by atoms with Crippen LogP contribution in [0.3, 0.4) is 0 Å². The van der Waals surface area contributed by atoms with E-state index in [2.05, 4.69) is 20.5 Å². The van der Waals surface area contributed by atoms with Gasteiger partial charge in [-0.3, -0.25) is 9.78 Å². The van der Waals surface area contributed by atoms with Gasteiger partial charge in [0.1, 0.15) is 11.6 Å². The molecule has 2 N–H and O–H groups in total. The number of nitrogens with one attached hydrogen (secondary N) is 2. The van der Waals surface area contributed by atoms with Gasteiger partial charge in [-0.05, 0) is 30.7 Å². The van der Waals surface area contributed by atoms with E-state index in [9.17, 15) is 14.9 Å². The van der Waals surface area contributed by atoms with Gasteiger partial charge in [0, 0.05) is 5.56 Å². The first-order valence-corrected chi connectivity index (χ1v) is 9.91. The van der Waals surface area contributed by atoms with E-state index in [1.807, 2.05) is 12.1 Å². The number of hydrogen-bond acceptors (Lipinski definition) is 9. The molecule has 0 aliphatic carbocycles. The van der Waals surface area contributed by atoms with Crippen LogP contribution in [0.15, 0.2) is 58.4 Å². The van der Waals surface area contributed by atoms with Crippen LogP contribution in [0.4, 0.5) is 5.95 Å². The van der Waals surface area contributed by atoms with Gasteiger partial charge in [-0.25, -0.2) is 15.2 Å². The van der Waals surface area contributed by atoms with Gasteiger partial charge in [0.05, 0.1) is 25.6 Å². The van der Waals surface area contributed by atoms with Crippen LogP contribution in [-0.2, 0) is 9.53 Å². The van der Waals surface area contributed by atoms with E-state index < -0.39 is 11.5 Å². The molecule has 0 unspecified atom stereocenters. The number of methoxy groups -OCH3 is 1. The van der Waals surface area contributed by atoms with E-state index in [4.69, 9.17) is 14.2 Å². The number of anilines is 1. The third kappa shape index (κ3) is 5.95. The summed E-state index contributed by atoms with van der Waals surface area (Å²) in [6.45, 7) is 1.75. The molecule has 2 aromatic carbocycles. The van der Waals surface area contributed by atoms with E-state index in [1.54, 1.807) is 49.4 Å². The maximum atomic E-state index is 12.3. The van der Waals surface area contributed by atoms with Crippen molar-refractivity contribution in [3.63, 3.8) is 0 Å². The number of nitriles is 1. The Morgan fingerprint density at radius 2 is 2.03 bits per heavy atom. The molecule has 1 heterocycles. The van der Waals surface area contributed by atoms with Gasteiger partial charge in [-0.2, -0.15) is 10.4 Å². The minimum Gasteiger partial charge on any atom is -0.493 e. The van der Waals surface area contributed by atoms with Crippen LogP contribution < -0.4 is 20.5 Å². The number of nitrogens with zero attached hydrogens (tertiary/aromatic N) is 3. The Balaban J connectivity index is 1.76. The highest BCUT2D eigenvalue weighted by Crippen LogP contribution is 2.27. The van der Waals surface area contributed by atoms with E-state index >= 15 is 0 Å². The lowest BCUT2D eigenvalue weighted by Gasteiger charge is -2.10. The first-order valence-electron chi connectivity index (χ1n) is 9.91. The fourth-order valence-corrected chi connectivity index (χ4v) is 2.83. The average molecular weight is 447 g/mol. The first-order chi connectivity index (χ1) is 16.0. The Hall–Kier alpha value is -4.65. The number of ether oxygens (including phenoxy) is 3. The van der Waals surface area contributed by atoms with Crippen molar-refractivity contribution in [3.05, 3.63) is 70.0 Å². The van der Waals surface area contributed by atoms with Gasteiger partial charge < -0.3 is 14.2 Å². The molecule has 0 radical (unpaired) electrons. The Labute approximate surface area is 189 Å². The van der Waals surface area contributed by atoms with Gasteiger partial charge in [-0.1, -0.05) is 30.3 Å². The van der Waals surface area contributed by atoms with Crippen molar-refractivity contribution < 1.29 is 19.0 Å². The van der Waals surface area contributed by atoms with Crippen LogP contribution in [0.2, 0.25) is 0 Å². The minimum absolute atomic E-state index is 0.0791. The number of esters is 1. The van der Waals surface area contributed by atoms with Crippen LogP contribution in [-0.4, -0.2) is 42.5 Å². The molecule has 0 bridgehead atoms. The fourth-order valence-electron chi connectivity index (χ4n) is 2.83. The molecule has 33 heavy (non-hydrogen) atoms. The normalized spacial score (nSPS) is 10.5. The van der Waals surface area contributed by atoms with Crippen LogP contribution in [0, 0.1) is 11.3 Å². The van der Waals surface area contributed by atoms with Crippen LogP contribution in [0.25, 0.3) is 11.3 Å². The summed E-state index contributed by atoms with van der Waals surface area (Å²) in [5, 5.41) is 13.4. The molecule has 0 aliphatic rings. The second-order valence-electron chi connectivity index (χ2n) is 6.49. The first kappa shape index (κ1) is 23.0. The molecule has 0 saturated heterocycles. The molecule has 10 nitrogen and oxygen atoms in total. The highest BCUT2D eigenvalue weighted by atomic mass is 16.6. The second-order valence-corrected chi connectivity index (χ2v) is 6.49. The summed E-state index contributed by atoms with van der Waals surface area (Å²) >= 11 is 0. The summed E-state index contributed by atoms with van der Waals surface area (Å²) in [6.07, 6.45) is 1.48. The molecule has 10 heteroatoms. The number of aromatic nitrogens is 2. The van der Waals surface area contributed by atoms with Crippen LogP contribution >= 0.6 is 0 Å². The molecule has 1 aromatic heterocycles. The highest BCUT2D eigenvalue weighted by molar-refractivity contribution is 5.81. The summed E-state index contributed by atoms with van der Waals surface area (Å²) in [4.78, 5) is 30.6. The number of hydrazone groups is 1. The zero-order valence-corrected chi connectivity index (χ0v) is 18.0. The summed E-state index contributed by atoms with van der Waals surface area (Å²) in [6, 6.07) is 15.8. The average Bonchev–Trinajstić information content (AvgIpc) is 2.83. The molecule has 3 rings (SSSR count). The minimum atomic E-state index is -0.575. The Kier molecular flexibility index (Phi) is 7.75. The molecular formula is C23H21N5O5. The number of aromatic amines is 1. The van der Waals surface area contributed by atoms with Crippen molar-refractivity contribution in [2.45, 2.75) is 6.92 Å². The van der Waals surface area contributed by atoms with Crippen molar-refractivity contribution in [2.75, 3.05) is 25.7 Å². The summed E-state index contributed by atoms with van der Waals surface area (Å²) in [5.74, 6) is 0.379. The summed E-state index contributed by atoms with van der Waals surface area (Å²) in [5.41, 5.74) is 3.55. The number of H-pyrrole nitrogens is 1. The van der Waals surface area contributed by atoms with E-state index in [-0.39, 0.29) is 30.4 Å². The van der Waals surface area contributed by atoms with E-state index in [0.29, 0.717) is 22.6 Å². The lowest BCUT2D eigenvalue weighted by molar-refractivity contribution is -0.145. The molecule has 168 valence electrons. The van der Waals surface area contributed by atoms with Crippen molar-refractivity contribution in [2.24, 2.45) is 5.10 Å². The smallest absolute Gasteiger partial charge is 0.344 e. The SMILES string of the molecule is CCOC(=O)COc1ccc(C=NNc2nc(-c3ccccc3)c(C#N)c(=O)[nH]2)cc1OC. The third-order valence-electron chi connectivity index (χ3n) is 4.30. The van der Waals surface area contributed by atoms with Crippen molar-refractivity contribution >= 4 is 18.1 Å². The Morgan fingerprint density at radius 3 is 2.73 bits per heavy atom. The molecule has 0 aliphatic heterocycles. The predicted octanol–water partition coefficient (Wildman–Crippen LogP) is 2.71. The van der Waals surface area contributed by atoms with E-state index in [1.165, 1.54) is 13.3 Å². The van der Waals surface area contributed by atoms with Crippen molar-refractivity contribution in [1.29, 1.82) is 5.26 Å². The van der Waals surface area contributed by atoms with Crippen molar-refractivity contribution in [3.8, 4) is 28.8 Å². The van der Waals surface area contributed by atoms with Gasteiger partial charge in [0.15, 0.2) is 18.1 Å². The number of carbonyl (C=O) groups is 1. The lowest BCUT2D eigenvalue weighted by atomic mass is 10.1. The predicted molar refractivity (Wildman–Crippen MR) is 121 cm³/mol.